The number of carbonyl (C=O) groups excluding carboxylic acids is 1. The van der Waals surface area contributed by atoms with E-state index in [1.807, 2.05) is 6.08 Å². The van der Waals surface area contributed by atoms with Gasteiger partial charge in [-0.15, -0.1) is 0 Å². The zero-order valence-electron chi connectivity index (χ0n) is 7.88. The van der Waals surface area contributed by atoms with Crippen molar-refractivity contribution in [2.45, 2.75) is 37.4 Å². The van der Waals surface area contributed by atoms with E-state index in [0.717, 1.165) is 31.3 Å². The van der Waals surface area contributed by atoms with Gasteiger partial charge in [-0.05, 0) is 25.7 Å². The van der Waals surface area contributed by atoms with Gasteiger partial charge in [-0.2, -0.15) is 0 Å². The normalized spacial score (nSPS) is 18.2. The van der Waals surface area contributed by atoms with Crippen LogP contribution in [0.4, 0.5) is 0 Å². The molecule has 0 amide bonds. The molecule has 1 rings (SSSR count). The van der Waals surface area contributed by atoms with Crippen molar-refractivity contribution in [1.82, 2.24) is 0 Å². The van der Waals surface area contributed by atoms with Gasteiger partial charge in [-0.1, -0.05) is 28.9 Å². The molecule has 1 atom stereocenters. The van der Waals surface area contributed by atoms with Gasteiger partial charge >= 0.3 is 5.97 Å². The average molecular weight is 247 g/mol. The fourth-order valence-corrected chi connectivity index (χ4v) is 1.37. The summed E-state index contributed by atoms with van der Waals surface area (Å²) in [6, 6.07) is 0. The molecule has 0 aromatic rings. The molecule has 0 saturated heterocycles. The van der Waals surface area contributed by atoms with Crippen molar-refractivity contribution in [2.75, 3.05) is 6.61 Å². The lowest BCUT2D eigenvalue weighted by atomic mass is 10.2. The van der Waals surface area contributed by atoms with Crippen molar-refractivity contribution in [2.24, 2.45) is 0 Å². The van der Waals surface area contributed by atoms with Crippen LogP contribution in [0.15, 0.2) is 11.6 Å². The monoisotopic (exact) mass is 246 g/mol. The lowest BCUT2D eigenvalue weighted by Crippen LogP contribution is -2.14. The predicted octanol–water partition coefficient (Wildman–Crippen LogP) is 2.81. The molecule has 13 heavy (non-hydrogen) atoms. The minimum absolute atomic E-state index is 0.129. The van der Waals surface area contributed by atoms with Gasteiger partial charge in [-0.25, -0.2) is 4.79 Å². The predicted molar refractivity (Wildman–Crippen MR) is 55.9 cm³/mol. The Balaban J connectivity index is 2.25. The third kappa shape index (κ3) is 3.51. The Labute approximate surface area is 87.5 Å². The highest BCUT2D eigenvalue weighted by Gasteiger charge is 2.15. The number of ether oxygens (including phenoxy) is 1. The summed E-state index contributed by atoms with van der Waals surface area (Å²) in [5.74, 6) is -0.129. The van der Waals surface area contributed by atoms with Gasteiger partial charge in [0, 0.05) is 10.4 Å². The van der Waals surface area contributed by atoms with Gasteiger partial charge < -0.3 is 4.74 Å². The standard InChI is InChI=1S/C10H15BrO2/c1-2-9(11)7-13-10(12)8-5-3-4-6-8/h5,9H,2-4,6-7H2,1H3. The van der Waals surface area contributed by atoms with E-state index < -0.39 is 0 Å². The Bertz CT molecular complexity index is 211. The van der Waals surface area contributed by atoms with E-state index in [-0.39, 0.29) is 5.97 Å². The molecule has 3 heteroatoms. The highest BCUT2D eigenvalue weighted by Crippen LogP contribution is 2.19. The molecule has 0 aliphatic heterocycles. The number of hydrogen-bond acceptors (Lipinski definition) is 2. The summed E-state index contributed by atoms with van der Waals surface area (Å²) in [4.78, 5) is 11.6. The largest absolute Gasteiger partial charge is 0.461 e. The molecule has 1 unspecified atom stereocenters. The maximum absolute atomic E-state index is 11.4. The number of esters is 1. The van der Waals surface area contributed by atoms with Gasteiger partial charge in [0.2, 0.25) is 0 Å². The minimum atomic E-state index is -0.129. The second-order valence-electron chi connectivity index (χ2n) is 3.23. The van der Waals surface area contributed by atoms with Crippen LogP contribution in [0, 0.1) is 0 Å². The van der Waals surface area contributed by atoms with Crippen LogP contribution >= 0.6 is 15.9 Å². The molecular weight excluding hydrogens is 232 g/mol. The highest BCUT2D eigenvalue weighted by atomic mass is 79.9. The number of halogens is 1. The first-order valence-corrected chi connectivity index (χ1v) is 5.65. The summed E-state index contributed by atoms with van der Waals surface area (Å²) in [5.41, 5.74) is 0.857. The molecule has 74 valence electrons. The van der Waals surface area contributed by atoms with E-state index in [1.165, 1.54) is 0 Å². The van der Waals surface area contributed by atoms with Crippen LogP contribution in [0.25, 0.3) is 0 Å². The molecule has 0 saturated carbocycles. The minimum Gasteiger partial charge on any atom is -0.461 e. The molecular formula is C10H15BrO2. The first kappa shape index (κ1) is 10.8. The van der Waals surface area contributed by atoms with Crippen LogP contribution in [0.5, 0.6) is 0 Å². The summed E-state index contributed by atoms with van der Waals surface area (Å²) >= 11 is 3.42. The maximum atomic E-state index is 11.4. The molecule has 0 spiro atoms. The third-order valence-electron chi connectivity index (χ3n) is 2.14. The van der Waals surface area contributed by atoms with E-state index >= 15 is 0 Å². The smallest absolute Gasteiger partial charge is 0.333 e. The molecule has 0 bridgehead atoms. The molecule has 0 aromatic carbocycles. The van der Waals surface area contributed by atoms with Crippen LogP contribution in [0.3, 0.4) is 0 Å². The fourth-order valence-electron chi connectivity index (χ4n) is 1.23. The van der Waals surface area contributed by atoms with Gasteiger partial charge in [-0.3, -0.25) is 0 Å². The quantitative estimate of drug-likeness (QED) is 0.564. The second-order valence-corrected chi connectivity index (χ2v) is 4.52. The summed E-state index contributed by atoms with van der Waals surface area (Å²) in [7, 11) is 0. The Morgan fingerprint density at radius 2 is 2.54 bits per heavy atom. The maximum Gasteiger partial charge on any atom is 0.333 e. The number of hydrogen-bond donors (Lipinski definition) is 0. The second kappa shape index (κ2) is 5.43. The zero-order chi connectivity index (χ0) is 9.68. The molecule has 0 aromatic heterocycles. The molecule has 0 fully saturated rings. The first-order chi connectivity index (χ1) is 6.24. The number of alkyl halides is 1. The summed E-state index contributed by atoms with van der Waals surface area (Å²) in [6.45, 7) is 2.54. The topological polar surface area (TPSA) is 26.3 Å². The van der Waals surface area contributed by atoms with E-state index in [4.69, 9.17) is 4.74 Å². The van der Waals surface area contributed by atoms with Crippen molar-refractivity contribution in [3.05, 3.63) is 11.6 Å². The number of allylic oxidation sites excluding steroid dienone is 1. The third-order valence-corrected chi connectivity index (χ3v) is 3.05. The van der Waals surface area contributed by atoms with E-state index in [9.17, 15) is 4.79 Å². The Kier molecular flexibility index (Phi) is 4.50. The van der Waals surface area contributed by atoms with Crippen molar-refractivity contribution in [3.8, 4) is 0 Å². The van der Waals surface area contributed by atoms with E-state index in [1.54, 1.807) is 0 Å². The Morgan fingerprint density at radius 1 is 1.77 bits per heavy atom. The molecule has 1 aliphatic carbocycles. The zero-order valence-corrected chi connectivity index (χ0v) is 9.47. The SMILES string of the molecule is CCC(Br)COC(=O)C1=CCCC1. The Morgan fingerprint density at radius 3 is 3.08 bits per heavy atom. The van der Waals surface area contributed by atoms with Crippen LogP contribution in [-0.2, 0) is 9.53 Å². The van der Waals surface area contributed by atoms with Gasteiger partial charge in [0.1, 0.15) is 6.61 Å². The van der Waals surface area contributed by atoms with Gasteiger partial charge in [0.05, 0.1) is 0 Å². The van der Waals surface area contributed by atoms with E-state index in [2.05, 4.69) is 22.9 Å². The summed E-state index contributed by atoms with van der Waals surface area (Å²) < 4.78 is 5.12. The molecule has 0 radical (unpaired) electrons. The fraction of sp³-hybridized carbons (Fsp3) is 0.700. The van der Waals surface area contributed by atoms with Crippen molar-refractivity contribution < 1.29 is 9.53 Å². The lowest BCUT2D eigenvalue weighted by molar-refractivity contribution is -0.139. The van der Waals surface area contributed by atoms with Crippen molar-refractivity contribution >= 4 is 21.9 Å². The van der Waals surface area contributed by atoms with Gasteiger partial charge in [0.15, 0.2) is 0 Å². The van der Waals surface area contributed by atoms with E-state index in [0.29, 0.717) is 11.4 Å². The van der Waals surface area contributed by atoms with Crippen LogP contribution in [0.2, 0.25) is 0 Å². The van der Waals surface area contributed by atoms with Crippen molar-refractivity contribution in [3.63, 3.8) is 0 Å². The molecule has 0 heterocycles. The first-order valence-electron chi connectivity index (χ1n) is 4.74. The average Bonchev–Trinajstić information content (AvgIpc) is 2.66. The van der Waals surface area contributed by atoms with Crippen LogP contribution < -0.4 is 0 Å². The molecule has 2 nitrogen and oxygen atoms in total. The van der Waals surface area contributed by atoms with Crippen LogP contribution in [0.1, 0.15) is 32.6 Å². The summed E-state index contributed by atoms with van der Waals surface area (Å²) in [5, 5.41) is 0. The van der Waals surface area contributed by atoms with Gasteiger partial charge in [0.25, 0.3) is 0 Å². The number of carbonyl (C=O) groups is 1. The lowest BCUT2D eigenvalue weighted by Gasteiger charge is -2.08. The summed E-state index contributed by atoms with van der Waals surface area (Å²) in [6.07, 6.45) is 5.97. The highest BCUT2D eigenvalue weighted by molar-refractivity contribution is 9.09. The molecule has 1 aliphatic rings. The van der Waals surface area contributed by atoms with Crippen LogP contribution in [-0.4, -0.2) is 17.4 Å². The van der Waals surface area contributed by atoms with Crippen molar-refractivity contribution in [1.29, 1.82) is 0 Å². The number of rotatable bonds is 4. The molecule has 0 N–H and O–H groups in total. The Hall–Kier alpha value is -0.310.